The van der Waals surface area contributed by atoms with Gasteiger partial charge in [-0.2, -0.15) is 0 Å². The highest BCUT2D eigenvalue weighted by molar-refractivity contribution is 6.17. The lowest BCUT2D eigenvalue weighted by Gasteiger charge is -2.13. The smallest absolute Gasteiger partial charge is 0.324 e. The second kappa shape index (κ2) is 5.52. The minimum Gasteiger partial charge on any atom is -0.465 e. The molecule has 0 aromatic carbocycles. The average Bonchev–Trinajstić information content (AvgIpc) is 2.03. The zero-order valence-electron chi connectivity index (χ0n) is 8.99. The van der Waals surface area contributed by atoms with Gasteiger partial charge < -0.3 is 4.74 Å². The molecule has 4 heteroatoms. The van der Waals surface area contributed by atoms with Crippen molar-refractivity contribution in [2.45, 2.75) is 27.7 Å². The van der Waals surface area contributed by atoms with Gasteiger partial charge in [-0.05, 0) is 13.8 Å². The van der Waals surface area contributed by atoms with Crippen molar-refractivity contribution in [2.24, 2.45) is 11.8 Å². The third-order valence-electron chi connectivity index (χ3n) is 1.78. The third kappa shape index (κ3) is 3.28. The maximum absolute atomic E-state index is 11.5. The average molecular weight is 200 g/mol. The number of carbonyl (C=O) groups excluding carboxylic acids is 3. The number of hydrogen-bond acceptors (Lipinski definition) is 4. The highest BCUT2D eigenvalue weighted by Crippen LogP contribution is 2.10. The molecule has 80 valence electrons. The summed E-state index contributed by atoms with van der Waals surface area (Å²) in [5.74, 6) is -3.15. The molecule has 0 rings (SSSR count). The molecule has 0 bridgehead atoms. The molecule has 0 radical (unpaired) electrons. The lowest BCUT2D eigenvalue weighted by molar-refractivity contribution is -0.155. The summed E-state index contributed by atoms with van der Waals surface area (Å²) >= 11 is 0. The molecular formula is C10H16O4. The summed E-state index contributed by atoms with van der Waals surface area (Å²) in [5, 5.41) is 0. The van der Waals surface area contributed by atoms with E-state index in [0.29, 0.717) is 0 Å². The monoisotopic (exact) mass is 200 g/mol. The highest BCUT2D eigenvalue weighted by Gasteiger charge is 2.33. The standard InChI is InChI=1S/C10H16O4/c1-5-14-10(13)8(7(4)11)9(12)6(2)3/h6,8H,5H2,1-4H3. The molecule has 0 amide bonds. The predicted molar refractivity (Wildman–Crippen MR) is 50.6 cm³/mol. The van der Waals surface area contributed by atoms with Crippen molar-refractivity contribution in [3.8, 4) is 0 Å². The lowest BCUT2D eigenvalue weighted by Crippen LogP contribution is -2.34. The molecule has 0 N–H and O–H groups in total. The van der Waals surface area contributed by atoms with Crippen LogP contribution in [0.15, 0.2) is 0 Å². The topological polar surface area (TPSA) is 60.4 Å². The van der Waals surface area contributed by atoms with Crippen molar-refractivity contribution in [2.75, 3.05) is 6.61 Å². The van der Waals surface area contributed by atoms with E-state index in [1.807, 2.05) is 0 Å². The minimum absolute atomic E-state index is 0.175. The summed E-state index contributed by atoms with van der Waals surface area (Å²) in [5.41, 5.74) is 0. The number of carbonyl (C=O) groups is 3. The molecular weight excluding hydrogens is 184 g/mol. The van der Waals surface area contributed by atoms with Gasteiger partial charge in [0.2, 0.25) is 0 Å². The van der Waals surface area contributed by atoms with Crippen LogP contribution >= 0.6 is 0 Å². The van der Waals surface area contributed by atoms with E-state index in [1.54, 1.807) is 20.8 Å². The second-order valence-electron chi connectivity index (χ2n) is 3.35. The molecule has 0 saturated carbocycles. The Bertz CT molecular complexity index is 243. The van der Waals surface area contributed by atoms with Gasteiger partial charge in [0, 0.05) is 5.92 Å². The van der Waals surface area contributed by atoms with Crippen molar-refractivity contribution in [1.29, 1.82) is 0 Å². The van der Waals surface area contributed by atoms with Gasteiger partial charge in [0.1, 0.15) is 0 Å². The fraction of sp³-hybridized carbons (Fsp3) is 0.700. The lowest BCUT2D eigenvalue weighted by atomic mass is 9.92. The Labute approximate surface area is 83.6 Å². The Kier molecular flexibility index (Phi) is 5.05. The maximum atomic E-state index is 11.5. The first-order valence-electron chi connectivity index (χ1n) is 4.62. The number of esters is 1. The van der Waals surface area contributed by atoms with Gasteiger partial charge >= 0.3 is 5.97 Å². The molecule has 1 unspecified atom stereocenters. The zero-order valence-corrected chi connectivity index (χ0v) is 8.99. The van der Waals surface area contributed by atoms with E-state index in [4.69, 9.17) is 0 Å². The van der Waals surface area contributed by atoms with Crippen LogP contribution in [0.2, 0.25) is 0 Å². The number of rotatable bonds is 5. The van der Waals surface area contributed by atoms with Gasteiger partial charge in [-0.15, -0.1) is 0 Å². The summed E-state index contributed by atoms with van der Waals surface area (Å²) in [4.78, 5) is 33.8. The zero-order chi connectivity index (χ0) is 11.3. The Hall–Kier alpha value is -1.19. The Morgan fingerprint density at radius 3 is 2.00 bits per heavy atom. The van der Waals surface area contributed by atoms with E-state index in [-0.39, 0.29) is 18.3 Å². The molecule has 0 spiro atoms. The van der Waals surface area contributed by atoms with E-state index < -0.39 is 17.7 Å². The van der Waals surface area contributed by atoms with E-state index in [1.165, 1.54) is 6.92 Å². The van der Waals surface area contributed by atoms with Crippen LogP contribution in [0.1, 0.15) is 27.7 Å². The van der Waals surface area contributed by atoms with Gasteiger partial charge in [0.25, 0.3) is 0 Å². The van der Waals surface area contributed by atoms with Gasteiger partial charge in [0.15, 0.2) is 17.5 Å². The summed E-state index contributed by atoms with van der Waals surface area (Å²) in [7, 11) is 0. The van der Waals surface area contributed by atoms with Crippen molar-refractivity contribution >= 4 is 17.5 Å². The molecule has 4 nitrogen and oxygen atoms in total. The van der Waals surface area contributed by atoms with Crippen molar-refractivity contribution < 1.29 is 19.1 Å². The van der Waals surface area contributed by atoms with Crippen molar-refractivity contribution in [1.82, 2.24) is 0 Å². The molecule has 0 aliphatic rings. The molecule has 0 saturated heterocycles. The number of ether oxygens (including phenoxy) is 1. The van der Waals surface area contributed by atoms with E-state index in [0.717, 1.165) is 0 Å². The van der Waals surface area contributed by atoms with Crippen LogP contribution in [0.3, 0.4) is 0 Å². The van der Waals surface area contributed by atoms with Gasteiger partial charge in [-0.25, -0.2) is 0 Å². The SMILES string of the molecule is CCOC(=O)C(C(C)=O)C(=O)C(C)C. The third-order valence-corrected chi connectivity index (χ3v) is 1.78. The van der Waals surface area contributed by atoms with Gasteiger partial charge in [0.05, 0.1) is 6.61 Å². The highest BCUT2D eigenvalue weighted by atomic mass is 16.5. The van der Waals surface area contributed by atoms with Crippen LogP contribution in [0.5, 0.6) is 0 Å². The summed E-state index contributed by atoms with van der Waals surface area (Å²) < 4.78 is 4.66. The van der Waals surface area contributed by atoms with Crippen LogP contribution in [-0.2, 0) is 19.1 Å². The van der Waals surface area contributed by atoms with Crippen LogP contribution in [0.25, 0.3) is 0 Å². The van der Waals surface area contributed by atoms with Crippen LogP contribution < -0.4 is 0 Å². The van der Waals surface area contributed by atoms with Crippen LogP contribution in [0, 0.1) is 11.8 Å². The summed E-state index contributed by atoms with van der Waals surface area (Å²) in [6.07, 6.45) is 0. The first-order chi connectivity index (χ1) is 6.41. The van der Waals surface area contributed by atoms with Crippen molar-refractivity contribution in [3.63, 3.8) is 0 Å². The fourth-order valence-electron chi connectivity index (χ4n) is 1.04. The number of hydrogen-bond donors (Lipinski definition) is 0. The normalized spacial score (nSPS) is 12.4. The van der Waals surface area contributed by atoms with E-state index in [2.05, 4.69) is 4.74 Å². The van der Waals surface area contributed by atoms with Crippen molar-refractivity contribution in [3.05, 3.63) is 0 Å². The maximum Gasteiger partial charge on any atom is 0.324 e. The van der Waals surface area contributed by atoms with Crippen LogP contribution in [-0.4, -0.2) is 24.1 Å². The van der Waals surface area contributed by atoms with Gasteiger partial charge in [-0.3, -0.25) is 14.4 Å². The molecule has 0 aliphatic carbocycles. The summed E-state index contributed by atoms with van der Waals surface area (Å²) in [6.45, 7) is 6.33. The molecule has 0 heterocycles. The summed E-state index contributed by atoms with van der Waals surface area (Å²) in [6, 6.07) is 0. The van der Waals surface area contributed by atoms with Gasteiger partial charge in [-0.1, -0.05) is 13.8 Å². The first-order valence-corrected chi connectivity index (χ1v) is 4.62. The Balaban J connectivity index is 4.69. The molecule has 0 aromatic rings. The second-order valence-corrected chi connectivity index (χ2v) is 3.35. The molecule has 0 fully saturated rings. The van der Waals surface area contributed by atoms with E-state index in [9.17, 15) is 14.4 Å². The number of Topliss-reactive ketones (excluding diaryl/α,β-unsaturated/α-hetero) is 2. The molecule has 1 atom stereocenters. The van der Waals surface area contributed by atoms with E-state index >= 15 is 0 Å². The molecule has 0 aromatic heterocycles. The Morgan fingerprint density at radius 2 is 1.71 bits per heavy atom. The number of ketones is 2. The minimum atomic E-state index is -1.24. The molecule has 0 aliphatic heterocycles. The first kappa shape index (κ1) is 12.8. The fourth-order valence-corrected chi connectivity index (χ4v) is 1.04. The largest absolute Gasteiger partial charge is 0.465 e. The molecule has 14 heavy (non-hydrogen) atoms. The quantitative estimate of drug-likeness (QED) is 0.490. The Morgan fingerprint density at radius 1 is 1.21 bits per heavy atom. The predicted octanol–water partition coefficient (Wildman–Crippen LogP) is 0.980. The van der Waals surface area contributed by atoms with Crippen LogP contribution in [0.4, 0.5) is 0 Å².